The second-order valence-corrected chi connectivity index (χ2v) is 18.9. The van der Waals surface area contributed by atoms with E-state index in [1.54, 1.807) is 0 Å². The molecule has 1 heterocycles. The molecule has 0 aliphatic carbocycles. The van der Waals surface area contributed by atoms with Crippen LogP contribution in [-0.4, -0.2) is 89.2 Å². The maximum absolute atomic E-state index is 13.1. The SMILES string of the molecule is CCCCCC/C=C\CCCCCCCC(=O)OCC(COC1OC(C(=O)O)C(O)C(O)C1OC(=O)CCCCCCC/C=C\CCCCCC)OC(=O)CCCCCCCCCCCCC. The zero-order chi connectivity index (χ0) is 49.0. The molecule has 0 spiro atoms. The van der Waals surface area contributed by atoms with Crippen molar-refractivity contribution in [3.63, 3.8) is 0 Å². The zero-order valence-electron chi connectivity index (χ0n) is 42.7. The molecule has 0 aromatic carbocycles. The van der Waals surface area contributed by atoms with Crippen molar-refractivity contribution in [1.82, 2.24) is 0 Å². The van der Waals surface area contributed by atoms with Gasteiger partial charge in [0.15, 0.2) is 24.6 Å². The molecular weight excluding hydrogens is 853 g/mol. The van der Waals surface area contributed by atoms with Gasteiger partial charge in [0.1, 0.15) is 18.8 Å². The number of esters is 3. The van der Waals surface area contributed by atoms with Crippen LogP contribution in [-0.2, 0) is 42.9 Å². The molecule has 0 amide bonds. The average molecular weight is 951 g/mol. The Morgan fingerprint density at radius 1 is 0.478 bits per heavy atom. The van der Waals surface area contributed by atoms with Crippen molar-refractivity contribution in [2.45, 2.75) is 289 Å². The van der Waals surface area contributed by atoms with Crippen molar-refractivity contribution in [2.75, 3.05) is 13.2 Å². The van der Waals surface area contributed by atoms with E-state index in [4.69, 9.17) is 23.7 Å². The van der Waals surface area contributed by atoms with Crippen LogP contribution >= 0.6 is 0 Å². The van der Waals surface area contributed by atoms with E-state index in [1.165, 1.54) is 96.3 Å². The number of ether oxygens (including phenoxy) is 5. The Hall–Kier alpha value is -2.80. The van der Waals surface area contributed by atoms with Crippen molar-refractivity contribution >= 4 is 23.9 Å². The monoisotopic (exact) mass is 951 g/mol. The number of aliphatic hydroxyl groups excluding tert-OH is 2. The molecule has 0 aromatic heterocycles. The van der Waals surface area contributed by atoms with Gasteiger partial charge in [-0.05, 0) is 70.6 Å². The van der Waals surface area contributed by atoms with Crippen molar-refractivity contribution in [3.05, 3.63) is 24.3 Å². The fourth-order valence-electron chi connectivity index (χ4n) is 8.24. The molecule has 3 N–H and O–H groups in total. The second kappa shape index (κ2) is 44.4. The normalized spacial score (nSPS) is 19.0. The van der Waals surface area contributed by atoms with Crippen LogP contribution in [0.4, 0.5) is 0 Å². The Morgan fingerprint density at radius 3 is 1.28 bits per heavy atom. The standard InChI is InChI=1S/C55H98O12/c1-4-7-10-13-16-19-22-24-27-29-32-35-38-41-47(56)63-44-46(65-48(57)42-39-36-33-30-26-21-18-15-12-9-6-3)45-64-55-53(51(60)50(59)52(67-55)54(61)62)66-49(58)43-40-37-34-31-28-25-23-20-17-14-11-8-5-2/h19-20,22-23,46,50-53,55,59-60H,4-18,21,24-45H2,1-3H3,(H,61,62)/b22-19-,23-20-. The molecule has 0 bridgehead atoms. The lowest BCUT2D eigenvalue weighted by atomic mass is 9.98. The quantitative estimate of drug-likeness (QED) is 0.0228. The van der Waals surface area contributed by atoms with Crippen LogP contribution in [0, 0.1) is 0 Å². The summed E-state index contributed by atoms with van der Waals surface area (Å²) in [7, 11) is 0. The fraction of sp³-hybridized carbons (Fsp3) is 0.855. The first-order valence-corrected chi connectivity index (χ1v) is 27.3. The van der Waals surface area contributed by atoms with E-state index in [9.17, 15) is 34.5 Å². The van der Waals surface area contributed by atoms with E-state index in [0.29, 0.717) is 19.3 Å². The summed E-state index contributed by atoms with van der Waals surface area (Å²) in [5.74, 6) is -3.12. The highest BCUT2D eigenvalue weighted by Gasteiger charge is 2.50. The van der Waals surface area contributed by atoms with Gasteiger partial charge >= 0.3 is 23.9 Å². The lowest BCUT2D eigenvalue weighted by molar-refractivity contribution is -0.301. The van der Waals surface area contributed by atoms with Crippen LogP contribution in [0.5, 0.6) is 0 Å². The van der Waals surface area contributed by atoms with Gasteiger partial charge in [0.25, 0.3) is 0 Å². The summed E-state index contributed by atoms with van der Waals surface area (Å²) in [6, 6.07) is 0. The van der Waals surface area contributed by atoms with Crippen LogP contribution in [0.3, 0.4) is 0 Å². The highest BCUT2D eigenvalue weighted by atomic mass is 16.7. The van der Waals surface area contributed by atoms with Crippen molar-refractivity contribution in [2.24, 2.45) is 0 Å². The van der Waals surface area contributed by atoms with Gasteiger partial charge < -0.3 is 39.0 Å². The highest BCUT2D eigenvalue weighted by molar-refractivity contribution is 5.74. The lowest BCUT2D eigenvalue weighted by Gasteiger charge is -2.40. The Labute approximate surface area is 407 Å². The van der Waals surface area contributed by atoms with E-state index in [-0.39, 0.29) is 25.9 Å². The molecule has 1 aliphatic rings. The molecule has 1 aliphatic heterocycles. The summed E-state index contributed by atoms with van der Waals surface area (Å²) < 4.78 is 28.3. The van der Waals surface area contributed by atoms with Gasteiger partial charge in [-0.25, -0.2) is 4.79 Å². The molecule has 390 valence electrons. The molecule has 1 rings (SSSR count). The number of hydrogen-bond acceptors (Lipinski definition) is 11. The fourth-order valence-corrected chi connectivity index (χ4v) is 8.24. The second-order valence-electron chi connectivity index (χ2n) is 18.9. The maximum Gasteiger partial charge on any atom is 0.335 e. The molecule has 0 radical (unpaired) electrons. The number of rotatable bonds is 46. The Bertz CT molecular complexity index is 1270. The minimum Gasteiger partial charge on any atom is -0.479 e. The third-order valence-electron chi connectivity index (χ3n) is 12.5. The van der Waals surface area contributed by atoms with E-state index >= 15 is 0 Å². The van der Waals surface area contributed by atoms with Crippen LogP contribution in [0.1, 0.15) is 252 Å². The van der Waals surface area contributed by atoms with Gasteiger partial charge in [-0.1, -0.05) is 186 Å². The molecule has 6 unspecified atom stereocenters. The van der Waals surface area contributed by atoms with Crippen molar-refractivity contribution in [1.29, 1.82) is 0 Å². The summed E-state index contributed by atoms with van der Waals surface area (Å²) >= 11 is 0. The number of allylic oxidation sites excluding steroid dienone is 4. The number of unbranched alkanes of at least 4 members (excludes halogenated alkanes) is 28. The Morgan fingerprint density at radius 2 is 0.851 bits per heavy atom. The molecule has 0 aromatic rings. The zero-order valence-corrected chi connectivity index (χ0v) is 42.7. The Balaban J connectivity index is 2.72. The number of carboxylic acid groups (broad SMARTS) is 1. The Kier molecular flexibility index (Phi) is 41.2. The first-order chi connectivity index (χ1) is 32.6. The maximum atomic E-state index is 13.1. The molecule has 12 heteroatoms. The van der Waals surface area contributed by atoms with Gasteiger partial charge in [-0.3, -0.25) is 14.4 Å². The molecule has 6 atom stereocenters. The number of carboxylic acids is 1. The first-order valence-electron chi connectivity index (χ1n) is 27.3. The molecular formula is C55H98O12. The number of aliphatic carboxylic acids is 1. The smallest absolute Gasteiger partial charge is 0.335 e. The van der Waals surface area contributed by atoms with Gasteiger partial charge in [-0.15, -0.1) is 0 Å². The summed E-state index contributed by atoms with van der Waals surface area (Å²) in [6.07, 6.45) is 35.9. The lowest BCUT2D eigenvalue weighted by Crippen LogP contribution is -2.61. The third-order valence-corrected chi connectivity index (χ3v) is 12.5. The van der Waals surface area contributed by atoms with E-state index in [2.05, 4.69) is 45.1 Å². The molecule has 12 nitrogen and oxygen atoms in total. The van der Waals surface area contributed by atoms with Gasteiger partial charge in [-0.2, -0.15) is 0 Å². The molecule has 0 saturated carbocycles. The van der Waals surface area contributed by atoms with Gasteiger partial charge in [0, 0.05) is 19.3 Å². The largest absolute Gasteiger partial charge is 0.479 e. The van der Waals surface area contributed by atoms with Crippen LogP contribution < -0.4 is 0 Å². The van der Waals surface area contributed by atoms with Gasteiger partial charge in [0.2, 0.25) is 0 Å². The predicted octanol–water partition coefficient (Wildman–Crippen LogP) is 13.1. The van der Waals surface area contributed by atoms with Crippen molar-refractivity contribution < 1.29 is 58.2 Å². The number of aliphatic hydroxyl groups is 2. The molecule has 1 saturated heterocycles. The first kappa shape index (κ1) is 62.2. The minimum absolute atomic E-state index is 0.0535. The predicted molar refractivity (Wildman–Crippen MR) is 266 cm³/mol. The minimum atomic E-state index is -1.90. The number of hydrogen-bond donors (Lipinski definition) is 3. The van der Waals surface area contributed by atoms with Crippen LogP contribution in [0.15, 0.2) is 24.3 Å². The van der Waals surface area contributed by atoms with Crippen LogP contribution in [0.25, 0.3) is 0 Å². The van der Waals surface area contributed by atoms with Crippen LogP contribution in [0.2, 0.25) is 0 Å². The summed E-state index contributed by atoms with van der Waals surface area (Å²) in [6.45, 7) is 5.93. The molecule has 1 fully saturated rings. The van der Waals surface area contributed by atoms with E-state index in [0.717, 1.165) is 96.3 Å². The van der Waals surface area contributed by atoms with Gasteiger partial charge in [0.05, 0.1) is 6.61 Å². The van der Waals surface area contributed by atoms with E-state index < -0.39 is 67.3 Å². The average Bonchev–Trinajstić information content (AvgIpc) is 3.31. The summed E-state index contributed by atoms with van der Waals surface area (Å²) in [5, 5.41) is 31.3. The molecule has 67 heavy (non-hydrogen) atoms. The van der Waals surface area contributed by atoms with E-state index in [1.807, 2.05) is 0 Å². The number of carbonyl (C=O) groups excluding carboxylic acids is 3. The van der Waals surface area contributed by atoms with Crippen molar-refractivity contribution in [3.8, 4) is 0 Å². The third kappa shape index (κ3) is 35.0. The number of carbonyl (C=O) groups is 4. The summed E-state index contributed by atoms with van der Waals surface area (Å²) in [4.78, 5) is 50.8. The summed E-state index contributed by atoms with van der Waals surface area (Å²) in [5.41, 5.74) is 0. The highest BCUT2D eigenvalue weighted by Crippen LogP contribution is 2.26. The topological polar surface area (TPSA) is 175 Å².